The van der Waals surface area contributed by atoms with Gasteiger partial charge in [-0.05, 0) is 31.4 Å². The first-order valence-corrected chi connectivity index (χ1v) is 6.99. The third-order valence-electron chi connectivity index (χ3n) is 3.46. The van der Waals surface area contributed by atoms with Crippen LogP contribution in [0.2, 0.25) is 5.02 Å². The Morgan fingerprint density at radius 1 is 1.50 bits per heavy atom. The van der Waals surface area contributed by atoms with Crippen molar-refractivity contribution in [2.75, 3.05) is 13.7 Å². The van der Waals surface area contributed by atoms with Crippen LogP contribution >= 0.6 is 11.6 Å². The summed E-state index contributed by atoms with van der Waals surface area (Å²) in [5, 5.41) is 0.477. The van der Waals surface area contributed by atoms with Gasteiger partial charge in [0, 0.05) is 23.8 Å². The SMILES string of the molecule is COC(=O)CC1CCCCN1C(=O)c1cc(Cl)ccn1. The number of carbonyl (C=O) groups excluding carboxylic acids is 2. The van der Waals surface area contributed by atoms with Crippen LogP contribution in [0.5, 0.6) is 0 Å². The number of halogens is 1. The summed E-state index contributed by atoms with van der Waals surface area (Å²) in [6.45, 7) is 0.634. The van der Waals surface area contributed by atoms with E-state index in [2.05, 4.69) is 4.98 Å². The summed E-state index contributed by atoms with van der Waals surface area (Å²) >= 11 is 5.89. The van der Waals surface area contributed by atoms with E-state index in [4.69, 9.17) is 16.3 Å². The molecule has 108 valence electrons. The van der Waals surface area contributed by atoms with Gasteiger partial charge in [0.1, 0.15) is 5.69 Å². The third kappa shape index (κ3) is 3.48. The lowest BCUT2D eigenvalue weighted by Gasteiger charge is -2.35. The molecule has 1 fully saturated rings. The van der Waals surface area contributed by atoms with E-state index in [1.807, 2.05) is 0 Å². The number of pyridine rings is 1. The predicted molar refractivity (Wildman–Crippen MR) is 74.6 cm³/mol. The smallest absolute Gasteiger partial charge is 0.307 e. The molecular formula is C14H17ClN2O3. The largest absolute Gasteiger partial charge is 0.469 e. The Bertz CT molecular complexity index is 507. The topological polar surface area (TPSA) is 59.5 Å². The monoisotopic (exact) mass is 296 g/mol. The zero-order chi connectivity index (χ0) is 14.5. The van der Waals surface area contributed by atoms with Gasteiger partial charge < -0.3 is 9.64 Å². The maximum absolute atomic E-state index is 12.5. The molecule has 0 spiro atoms. The van der Waals surface area contributed by atoms with Gasteiger partial charge in [-0.2, -0.15) is 0 Å². The van der Waals surface area contributed by atoms with Gasteiger partial charge in [-0.25, -0.2) is 0 Å². The molecule has 5 nitrogen and oxygen atoms in total. The predicted octanol–water partition coefficient (Wildman–Crippen LogP) is 2.29. The number of amides is 1. The molecule has 1 aromatic rings. The molecular weight excluding hydrogens is 280 g/mol. The van der Waals surface area contributed by atoms with Crippen LogP contribution in [0.1, 0.15) is 36.2 Å². The molecule has 0 bridgehead atoms. The second-order valence-corrected chi connectivity index (χ2v) is 5.22. The highest BCUT2D eigenvalue weighted by molar-refractivity contribution is 6.30. The first-order chi connectivity index (χ1) is 9.61. The molecule has 0 aromatic carbocycles. The Morgan fingerprint density at radius 3 is 3.00 bits per heavy atom. The van der Waals surface area contributed by atoms with Gasteiger partial charge in [0.2, 0.25) is 0 Å². The lowest BCUT2D eigenvalue weighted by Crippen LogP contribution is -2.45. The summed E-state index contributed by atoms with van der Waals surface area (Å²) in [4.78, 5) is 29.7. The van der Waals surface area contributed by atoms with Crippen LogP contribution in [-0.4, -0.2) is 41.5 Å². The zero-order valence-corrected chi connectivity index (χ0v) is 12.1. The minimum Gasteiger partial charge on any atom is -0.469 e. The lowest BCUT2D eigenvalue weighted by molar-refractivity contribution is -0.142. The average Bonchev–Trinajstić information content (AvgIpc) is 2.47. The third-order valence-corrected chi connectivity index (χ3v) is 3.69. The van der Waals surface area contributed by atoms with Crippen LogP contribution in [0.25, 0.3) is 0 Å². The van der Waals surface area contributed by atoms with Gasteiger partial charge in [-0.1, -0.05) is 11.6 Å². The number of likely N-dealkylation sites (tertiary alicyclic amines) is 1. The van der Waals surface area contributed by atoms with Gasteiger partial charge >= 0.3 is 5.97 Å². The van der Waals surface area contributed by atoms with Crippen LogP contribution in [0, 0.1) is 0 Å². The second kappa shape index (κ2) is 6.70. The van der Waals surface area contributed by atoms with Crippen molar-refractivity contribution in [1.82, 2.24) is 9.88 Å². The number of nitrogens with zero attached hydrogens (tertiary/aromatic N) is 2. The normalized spacial score (nSPS) is 18.7. The fourth-order valence-electron chi connectivity index (χ4n) is 2.42. The molecule has 6 heteroatoms. The first-order valence-electron chi connectivity index (χ1n) is 6.61. The van der Waals surface area contributed by atoms with E-state index >= 15 is 0 Å². The number of piperidine rings is 1. The molecule has 2 rings (SSSR count). The Morgan fingerprint density at radius 2 is 2.30 bits per heavy atom. The molecule has 1 amide bonds. The van der Waals surface area contributed by atoms with E-state index in [0.29, 0.717) is 17.3 Å². The highest BCUT2D eigenvalue weighted by Crippen LogP contribution is 2.22. The maximum Gasteiger partial charge on any atom is 0.307 e. The molecule has 0 radical (unpaired) electrons. The fourth-order valence-corrected chi connectivity index (χ4v) is 2.58. The van der Waals surface area contributed by atoms with E-state index < -0.39 is 0 Å². The minimum atomic E-state index is -0.297. The minimum absolute atomic E-state index is 0.121. The number of rotatable bonds is 3. The number of esters is 1. The van der Waals surface area contributed by atoms with Gasteiger partial charge in [0.05, 0.1) is 13.5 Å². The molecule has 1 unspecified atom stereocenters. The maximum atomic E-state index is 12.5. The standard InChI is InChI=1S/C14H17ClN2O3/c1-20-13(18)9-11-4-2-3-7-17(11)14(19)12-8-10(15)5-6-16-12/h5-6,8,11H,2-4,7,9H2,1H3. The van der Waals surface area contributed by atoms with Crippen LogP contribution < -0.4 is 0 Å². The summed E-state index contributed by atoms with van der Waals surface area (Å²) in [5.41, 5.74) is 0.314. The van der Waals surface area contributed by atoms with Gasteiger partial charge in [0.15, 0.2) is 0 Å². The molecule has 1 aliphatic heterocycles. The fraction of sp³-hybridized carbons (Fsp3) is 0.500. The Kier molecular flexibility index (Phi) is 4.95. The highest BCUT2D eigenvalue weighted by Gasteiger charge is 2.30. The Hall–Kier alpha value is -1.62. The summed E-state index contributed by atoms with van der Waals surface area (Å²) in [6, 6.07) is 3.05. The molecule has 2 heterocycles. The molecule has 1 aliphatic rings. The molecule has 0 N–H and O–H groups in total. The quantitative estimate of drug-likeness (QED) is 0.803. The van der Waals surface area contributed by atoms with E-state index in [0.717, 1.165) is 19.3 Å². The van der Waals surface area contributed by atoms with Crippen molar-refractivity contribution in [3.05, 3.63) is 29.0 Å². The zero-order valence-electron chi connectivity index (χ0n) is 11.3. The van der Waals surface area contributed by atoms with Crippen LogP contribution in [0.15, 0.2) is 18.3 Å². The molecule has 0 aliphatic carbocycles. The molecule has 1 atom stereocenters. The molecule has 20 heavy (non-hydrogen) atoms. The van der Waals surface area contributed by atoms with Crippen molar-refractivity contribution in [3.8, 4) is 0 Å². The van der Waals surface area contributed by atoms with E-state index in [1.165, 1.54) is 13.3 Å². The first kappa shape index (κ1) is 14.8. The van der Waals surface area contributed by atoms with Crippen molar-refractivity contribution in [2.45, 2.75) is 31.7 Å². The Balaban J connectivity index is 2.15. The summed E-state index contributed by atoms with van der Waals surface area (Å²) in [5.74, 6) is -0.477. The van der Waals surface area contributed by atoms with Crippen LogP contribution in [-0.2, 0) is 9.53 Å². The van der Waals surface area contributed by atoms with Crippen LogP contribution in [0.3, 0.4) is 0 Å². The van der Waals surface area contributed by atoms with Crippen molar-refractivity contribution in [3.63, 3.8) is 0 Å². The molecule has 0 saturated carbocycles. The molecule has 1 saturated heterocycles. The van der Waals surface area contributed by atoms with Crippen molar-refractivity contribution < 1.29 is 14.3 Å². The number of ether oxygens (including phenoxy) is 1. The number of hydrogen-bond donors (Lipinski definition) is 0. The lowest BCUT2D eigenvalue weighted by atomic mass is 9.99. The van der Waals surface area contributed by atoms with Gasteiger partial charge in [-0.3, -0.25) is 14.6 Å². The van der Waals surface area contributed by atoms with Crippen molar-refractivity contribution >= 4 is 23.5 Å². The number of hydrogen-bond acceptors (Lipinski definition) is 4. The van der Waals surface area contributed by atoms with Crippen molar-refractivity contribution in [1.29, 1.82) is 0 Å². The average molecular weight is 297 g/mol. The Labute approximate surface area is 122 Å². The van der Waals surface area contributed by atoms with E-state index in [-0.39, 0.29) is 24.3 Å². The number of methoxy groups -OCH3 is 1. The summed E-state index contributed by atoms with van der Waals surface area (Å²) in [6.07, 6.45) is 4.48. The van der Waals surface area contributed by atoms with Gasteiger partial charge in [0.25, 0.3) is 5.91 Å². The number of aromatic nitrogens is 1. The second-order valence-electron chi connectivity index (χ2n) is 4.79. The van der Waals surface area contributed by atoms with Crippen LogP contribution in [0.4, 0.5) is 0 Å². The number of carbonyl (C=O) groups is 2. The summed E-state index contributed by atoms with van der Waals surface area (Å²) in [7, 11) is 1.36. The molecule has 1 aromatic heterocycles. The highest BCUT2D eigenvalue weighted by atomic mass is 35.5. The van der Waals surface area contributed by atoms with E-state index in [1.54, 1.807) is 17.0 Å². The van der Waals surface area contributed by atoms with E-state index in [9.17, 15) is 9.59 Å². The van der Waals surface area contributed by atoms with Gasteiger partial charge in [-0.15, -0.1) is 0 Å². The van der Waals surface area contributed by atoms with Crippen molar-refractivity contribution in [2.24, 2.45) is 0 Å². The summed E-state index contributed by atoms with van der Waals surface area (Å²) < 4.78 is 4.69.